The van der Waals surface area contributed by atoms with Gasteiger partial charge in [-0.05, 0) is 49.4 Å². The number of nitrogens with two attached hydrogens (primary N) is 1. The van der Waals surface area contributed by atoms with Crippen molar-refractivity contribution in [2.24, 2.45) is 5.73 Å². The third kappa shape index (κ3) is 3.97. The number of nitrogens with zero attached hydrogens (tertiary/aromatic N) is 2. The van der Waals surface area contributed by atoms with Crippen molar-refractivity contribution in [3.8, 4) is 0 Å². The first-order valence-electron chi connectivity index (χ1n) is 8.81. The Labute approximate surface area is 156 Å². The molecule has 7 heteroatoms. The van der Waals surface area contributed by atoms with Gasteiger partial charge in [-0.25, -0.2) is 0 Å². The Hall–Kier alpha value is -3.22. The molecule has 7 nitrogen and oxygen atoms in total. The zero-order valence-corrected chi connectivity index (χ0v) is 15.1. The number of piperidine rings is 1. The number of rotatable bonds is 4. The van der Waals surface area contributed by atoms with E-state index < -0.39 is 10.8 Å². The van der Waals surface area contributed by atoms with Gasteiger partial charge in [-0.15, -0.1) is 0 Å². The van der Waals surface area contributed by atoms with Gasteiger partial charge in [0.25, 0.3) is 11.6 Å². The fourth-order valence-electron chi connectivity index (χ4n) is 3.46. The second-order valence-corrected chi connectivity index (χ2v) is 6.81. The lowest BCUT2D eigenvalue weighted by atomic mass is 9.88. The lowest BCUT2D eigenvalue weighted by Crippen LogP contribution is -2.38. The third-order valence-corrected chi connectivity index (χ3v) is 5.10. The van der Waals surface area contributed by atoms with Crippen LogP contribution in [0.3, 0.4) is 0 Å². The molecule has 27 heavy (non-hydrogen) atoms. The van der Waals surface area contributed by atoms with Crippen molar-refractivity contribution < 1.29 is 14.5 Å². The minimum absolute atomic E-state index is 0.0368. The molecule has 2 aromatic carbocycles. The number of carbonyl (C=O) groups is 2. The number of amides is 2. The average Bonchev–Trinajstić information content (AvgIpc) is 2.68. The van der Waals surface area contributed by atoms with Gasteiger partial charge in [0.15, 0.2) is 0 Å². The number of carbonyl (C=O) groups excluding carboxylic acids is 2. The molecule has 2 aromatic rings. The van der Waals surface area contributed by atoms with E-state index in [0.717, 1.165) is 18.4 Å². The average molecular weight is 367 g/mol. The highest BCUT2D eigenvalue weighted by molar-refractivity contribution is 5.95. The predicted octanol–water partition coefficient (Wildman–Crippen LogP) is 3.02. The summed E-state index contributed by atoms with van der Waals surface area (Å²) in [4.78, 5) is 36.2. The van der Waals surface area contributed by atoms with E-state index in [9.17, 15) is 19.7 Å². The van der Waals surface area contributed by atoms with Gasteiger partial charge in [0.05, 0.1) is 4.92 Å². The van der Waals surface area contributed by atoms with Crippen LogP contribution in [0.1, 0.15) is 50.6 Å². The summed E-state index contributed by atoms with van der Waals surface area (Å²) in [5.41, 5.74) is 7.71. The molecule has 0 atom stereocenters. The maximum absolute atomic E-state index is 12.7. The summed E-state index contributed by atoms with van der Waals surface area (Å²) in [6.07, 6.45) is 1.60. The van der Waals surface area contributed by atoms with Gasteiger partial charge in [0.1, 0.15) is 0 Å². The predicted molar refractivity (Wildman–Crippen MR) is 101 cm³/mol. The fraction of sp³-hybridized carbons (Fsp3) is 0.300. The standard InChI is InChI=1S/C20H21N3O4/c1-13-2-3-17(12-18(13)23(26)27)20(25)22-10-8-15(9-11-22)14-4-6-16(7-5-14)19(21)24/h2-7,12,15H,8-11H2,1H3,(H2,21,24). The van der Waals surface area contributed by atoms with Crippen LogP contribution in [0.4, 0.5) is 5.69 Å². The molecular formula is C20H21N3O4. The molecule has 1 aliphatic heterocycles. The molecule has 0 aromatic heterocycles. The van der Waals surface area contributed by atoms with Gasteiger partial charge in [-0.1, -0.05) is 18.2 Å². The molecule has 0 bridgehead atoms. The SMILES string of the molecule is Cc1ccc(C(=O)N2CCC(c3ccc(C(N)=O)cc3)CC2)cc1[N+](=O)[O-]. The molecule has 1 aliphatic rings. The van der Waals surface area contributed by atoms with Crippen LogP contribution in [0, 0.1) is 17.0 Å². The van der Waals surface area contributed by atoms with Crippen LogP contribution in [0.15, 0.2) is 42.5 Å². The van der Waals surface area contributed by atoms with Crippen molar-refractivity contribution >= 4 is 17.5 Å². The molecule has 140 valence electrons. The van der Waals surface area contributed by atoms with Crippen LogP contribution in [0.5, 0.6) is 0 Å². The van der Waals surface area contributed by atoms with Crippen molar-refractivity contribution in [2.75, 3.05) is 13.1 Å². The zero-order chi connectivity index (χ0) is 19.6. The van der Waals surface area contributed by atoms with Crippen molar-refractivity contribution in [2.45, 2.75) is 25.7 Å². The molecule has 0 unspecified atom stereocenters. The largest absolute Gasteiger partial charge is 0.366 e. The second kappa shape index (κ2) is 7.57. The number of hydrogen-bond donors (Lipinski definition) is 1. The van der Waals surface area contributed by atoms with Crippen molar-refractivity contribution in [1.82, 2.24) is 4.90 Å². The van der Waals surface area contributed by atoms with Crippen LogP contribution < -0.4 is 5.73 Å². The lowest BCUT2D eigenvalue weighted by Gasteiger charge is -2.32. The molecule has 1 saturated heterocycles. The van der Waals surface area contributed by atoms with Crippen LogP contribution in [-0.4, -0.2) is 34.7 Å². The maximum Gasteiger partial charge on any atom is 0.273 e. The first-order chi connectivity index (χ1) is 12.9. The van der Waals surface area contributed by atoms with E-state index in [4.69, 9.17) is 5.73 Å². The maximum atomic E-state index is 12.7. The summed E-state index contributed by atoms with van der Waals surface area (Å²) in [6, 6.07) is 11.9. The number of nitro groups is 1. The quantitative estimate of drug-likeness (QED) is 0.662. The fourth-order valence-corrected chi connectivity index (χ4v) is 3.46. The van der Waals surface area contributed by atoms with E-state index in [0.29, 0.717) is 35.7 Å². The Balaban J connectivity index is 1.66. The molecule has 0 radical (unpaired) electrons. The summed E-state index contributed by atoms with van der Waals surface area (Å²) < 4.78 is 0. The van der Waals surface area contributed by atoms with E-state index in [1.54, 1.807) is 36.1 Å². The molecule has 3 rings (SSSR count). The number of benzene rings is 2. The van der Waals surface area contributed by atoms with Gasteiger partial charge in [0.2, 0.25) is 5.91 Å². The highest BCUT2D eigenvalue weighted by Crippen LogP contribution is 2.29. The van der Waals surface area contributed by atoms with Gasteiger partial charge in [-0.2, -0.15) is 0 Å². The molecule has 0 saturated carbocycles. The normalized spacial score (nSPS) is 14.8. The molecular weight excluding hydrogens is 346 g/mol. The number of primary amides is 1. The first kappa shape index (κ1) is 18.6. The monoisotopic (exact) mass is 367 g/mol. The van der Waals surface area contributed by atoms with Gasteiger partial charge < -0.3 is 10.6 Å². The zero-order valence-electron chi connectivity index (χ0n) is 15.1. The summed E-state index contributed by atoms with van der Waals surface area (Å²) in [5, 5.41) is 11.1. The second-order valence-electron chi connectivity index (χ2n) is 6.81. The van der Waals surface area contributed by atoms with E-state index in [1.165, 1.54) is 6.07 Å². The Bertz CT molecular complexity index is 885. The number of likely N-dealkylation sites (tertiary alicyclic amines) is 1. The van der Waals surface area contributed by atoms with Crippen LogP contribution in [-0.2, 0) is 0 Å². The summed E-state index contributed by atoms with van der Waals surface area (Å²) in [5.74, 6) is -0.321. The van der Waals surface area contributed by atoms with Crippen LogP contribution in [0.2, 0.25) is 0 Å². The van der Waals surface area contributed by atoms with E-state index in [1.807, 2.05) is 12.1 Å². The Morgan fingerprint density at radius 3 is 2.22 bits per heavy atom. The third-order valence-electron chi connectivity index (χ3n) is 5.10. The van der Waals surface area contributed by atoms with Crippen molar-refractivity contribution in [3.05, 3.63) is 74.8 Å². The summed E-state index contributed by atoms with van der Waals surface area (Å²) in [6.45, 7) is 2.83. The Morgan fingerprint density at radius 1 is 1.07 bits per heavy atom. The minimum atomic E-state index is -0.464. The Kier molecular flexibility index (Phi) is 5.21. The van der Waals surface area contributed by atoms with Crippen molar-refractivity contribution in [3.63, 3.8) is 0 Å². The highest BCUT2D eigenvalue weighted by Gasteiger charge is 2.26. The minimum Gasteiger partial charge on any atom is -0.366 e. The number of aryl methyl sites for hydroxylation is 1. The number of nitro benzene ring substituents is 1. The smallest absolute Gasteiger partial charge is 0.273 e. The van der Waals surface area contributed by atoms with E-state index >= 15 is 0 Å². The Morgan fingerprint density at radius 2 is 1.67 bits per heavy atom. The summed E-state index contributed by atoms with van der Waals surface area (Å²) >= 11 is 0. The first-order valence-corrected chi connectivity index (χ1v) is 8.81. The molecule has 1 fully saturated rings. The topological polar surface area (TPSA) is 107 Å². The van der Waals surface area contributed by atoms with Gasteiger partial charge in [-0.3, -0.25) is 19.7 Å². The van der Waals surface area contributed by atoms with Crippen molar-refractivity contribution in [1.29, 1.82) is 0 Å². The summed E-state index contributed by atoms with van der Waals surface area (Å²) in [7, 11) is 0. The molecule has 1 heterocycles. The molecule has 2 amide bonds. The molecule has 0 spiro atoms. The molecule has 2 N–H and O–H groups in total. The highest BCUT2D eigenvalue weighted by atomic mass is 16.6. The van der Waals surface area contributed by atoms with Gasteiger partial charge >= 0.3 is 0 Å². The lowest BCUT2D eigenvalue weighted by molar-refractivity contribution is -0.385. The van der Waals surface area contributed by atoms with Crippen LogP contribution >= 0.6 is 0 Å². The van der Waals surface area contributed by atoms with Crippen LogP contribution in [0.25, 0.3) is 0 Å². The molecule has 0 aliphatic carbocycles. The van der Waals surface area contributed by atoms with E-state index in [2.05, 4.69) is 0 Å². The number of hydrogen-bond acceptors (Lipinski definition) is 4. The van der Waals surface area contributed by atoms with Gasteiger partial charge in [0, 0.05) is 35.8 Å². The van der Waals surface area contributed by atoms with E-state index in [-0.39, 0.29) is 11.6 Å².